The van der Waals surface area contributed by atoms with Gasteiger partial charge in [0, 0.05) is 19.3 Å². The zero-order chi connectivity index (χ0) is 13.0. The summed E-state index contributed by atoms with van der Waals surface area (Å²) < 4.78 is 0. The second-order valence-electron chi connectivity index (χ2n) is 4.79. The first kappa shape index (κ1) is 13.5. The zero-order valence-corrected chi connectivity index (χ0v) is 10.8. The van der Waals surface area contributed by atoms with E-state index in [9.17, 15) is 9.90 Å². The molecule has 0 aliphatic rings. The number of carbonyl (C=O) groups excluding carboxylic acids is 1. The van der Waals surface area contributed by atoms with Gasteiger partial charge in [-0.3, -0.25) is 9.78 Å². The Bertz CT molecular complexity index is 391. The first-order valence-corrected chi connectivity index (χ1v) is 5.83. The molecule has 1 aromatic rings. The van der Waals surface area contributed by atoms with E-state index in [0.29, 0.717) is 11.5 Å². The van der Waals surface area contributed by atoms with Crippen LogP contribution in [0.4, 0.5) is 0 Å². The van der Waals surface area contributed by atoms with Crippen LogP contribution in [-0.4, -0.2) is 34.0 Å². The van der Waals surface area contributed by atoms with Crippen molar-refractivity contribution in [2.75, 3.05) is 7.05 Å². The lowest BCUT2D eigenvalue weighted by molar-refractivity contribution is 0.0725. The maximum Gasteiger partial charge on any atom is 0.257 e. The number of carbonyl (C=O) groups is 1. The van der Waals surface area contributed by atoms with Crippen LogP contribution in [0.3, 0.4) is 0 Å². The third-order valence-corrected chi connectivity index (χ3v) is 2.82. The van der Waals surface area contributed by atoms with E-state index in [1.165, 1.54) is 18.5 Å². The van der Waals surface area contributed by atoms with Crippen molar-refractivity contribution in [3.63, 3.8) is 0 Å². The predicted octanol–water partition coefficient (Wildman–Crippen LogP) is 2.29. The van der Waals surface area contributed by atoms with Crippen LogP contribution in [0.1, 0.15) is 37.6 Å². The Balaban J connectivity index is 2.80. The number of nitrogens with zero attached hydrogens (tertiary/aromatic N) is 2. The van der Waals surface area contributed by atoms with Gasteiger partial charge in [-0.2, -0.15) is 0 Å². The Hall–Kier alpha value is -1.58. The van der Waals surface area contributed by atoms with Gasteiger partial charge in [0.15, 0.2) is 0 Å². The molecule has 0 aliphatic heterocycles. The molecule has 4 heteroatoms. The number of hydrogen-bond acceptors (Lipinski definition) is 3. The van der Waals surface area contributed by atoms with Crippen LogP contribution in [0.5, 0.6) is 5.75 Å². The van der Waals surface area contributed by atoms with E-state index in [2.05, 4.69) is 18.8 Å². The van der Waals surface area contributed by atoms with Crippen molar-refractivity contribution in [3.8, 4) is 5.75 Å². The second-order valence-corrected chi connectivity index (χ2v) is 4.79. The molecule has 0 aromatic carbocycles. The molecule has 1 N–H and O–H groups in total. The van der Waals surface area contributed by atoms with Gasteiger partial charge in [0.05, 0.1) is 11.8 Å². The van der Waals surface area contributed by atoms with Crippen LogP contribution in [0.25, 0.3) is 0 Å². The van der Waals surface area contributed by atoms with E-state index in [1.807, 2.05) is 6.92 Å². The van der Waals surface area contributed by atoms with Gasteiger partial charge in [0.1, 0.15) is 5.75 Å². The van der Waals surface area contributed by atoms with Crippen LogP contribution in [-0.2, 0) is 0 Å². The molecule has 0 aliphatic carbocycles. The summed E-state index contributed by atoms with van der Waals surface area (Å²) in [5, 5.41) is 9.58. The van der Waals surface area contributed by atoms with Crippen LogP contribution in [0, 0.1) is 5.92 Å². The highest BCUT2D eigenvalue weighted by Gasteiger charge is 2.20. The minimum Gasteiger partial charge on any atom is -0.505 e. The lowest BCUT2D eigenvalue weighted by Gasteiger charge is -2.26. The Kier molecular flexibility index (Phi) is 4.49. The van der Waals surface area contributed by atoms with Crippen LogP contribution >= 0.6 is 0 Å². The first-order chi connectivity index (χ1) is 7.93. The second kappa shape index (κ2) is 5.66. The third kappa shape index (κ3) is 3.44. The van der Waals surface area contributed by atoms with Gasteiger partial charge in [0.25, 0.3) is 5.91 Å². The van der Waals surface area contributed by atoms with E-state index in [-0.39, 0.29) is 17.7 Å². The molecule has 0 saturated heterocycles. The quantitative estimate of drug-likeness (QED) is 0.872. The Labute approximate surface area is 102 Å². The summed E-state index contributed by atoms with van der Waals surface area (Å²) in [6.07, 6.45) is 3.73. The fraction of sp³-hybridized carbons (Fsp3) is 0.538. The summed E-state index contributed by atoms with van der Waals surface area (Å²) >= 11 is 0. The van der Waals surface area contributed by atoms with Crippen molar-refractivity contribution in [2.45, 2.75) is 33.2 Å². The third-order valence-electron chi connectivity index (χ3n) is 2.82. The number of amides is 1. The molecule has 1 heterocycles. The average Bonchev–Trinajstić information content (AvgIpc) is 2.27. The minimum absolute atomic E-state index is 0.0684. The van der Waals surface area contributed by atoms with Crippen molar-refractivity contribution in [2.24, 2.45) is 5.92 Å². The molecule has 1 rings (SSSR count). The number of aromatic hydroxyl groups is 1. The molecule has 17 heavy (non-hydrogen) atoms. The summed E-state index contributed by atoms with van der Waals surface area (Å²) in [5.74, 6) is 0.297. The maximum absolute atomic E-state index is 12.1. The highest BCUT2D eigenvalue weighted by atomic mass is 16.3. The molecular weight excluding hydrogens is 216 g/mol. The largest absolute Gasteiger partial charge is 0.505 e. The summed E-state index contributed by atoms with van der Waals surface area (Å²) in [6, 6.07) is 1.69. The van der Waals surface area contributed by atoms with Gasteiger partial charge in [0.2, 0.25) is 0 Å². The van der Waals surface area contributed by atoms with E-state index in [4.69, 9.17) is 0 Å². The molecule has 0 spiro atoms. The lowest BCUT2D eigenvalue weighted by atomic mass is 10.0. The van der Waals surface area contributed by atoms with Crippen LogP contribution < -0.4 is 0 Å². The Morgan fingerprint density at radius 3 is 2.65 bits per heavy atom. The maximum atomic E-state index is 12.1. The predicted molar refractivity (Wildman–Crippen MR) is 66.9 cm³/mol. The SMILES string of the molecule is CC(C)CC(C)N(C)C(=O)c1ccncc1O. The molecule has 1 aromatic heterocycles. The monoisotopic (exact) mass is 236 g/mol. The molecule has 0 bridgehead atoms. The van der Waals surface area contributed by atoms with Gasteiger partial charge in [-0.25, -0.2) is 0 Å². The van der Waals surface area contributed by atoms with Crippen molar-refractivity contribution in [1.29, 1.82) is 0 Å². The van der Waals surface area contributed by atoms with Gasteiger partial charge in [-0.15, -0.1) is 0 Å². The minimum atomic E-state index is -0.168. The van der Waals surface area contributed by atoms with Crippen LogP contribution in [0.2, 0.25) is 0 Å². The molecule has 0 fully saturated rings. The van der Waals surface area contributed by atoms with Gasteiger partial charge >= 0.3 is 0 Å². The van der Waals surface area contributed by atoms with Gasteiger partial charge in [-0.1, -0.05) is 13.8 Å². The summed E-state index contributed by atoms with van der Waals surface area (Å²) in [4.78, 5) is 17.5. The molecular formula is C13H20N2O2. The smallest absolute Gasteiger partial charge is 0.257 e. The summed E-state index contributed by atoms with van der Waals surface area (Å²) in [6.45, 7) is 6.26. The van der Waals surface area contributed by atoms with Crippen molar-refractivity contribution in [1.82, 2.24) is 9.88 Å². The van der Waals surface area contributed by atoms with Crippen molar-refractivity contribution in [3.05, 3.63) is 24.0 Å². The first-order valence-electron chi connectivity index (χ1n) is 5.83. The van der Waals surface area contributed by atoms with Gasteiger partial charge < -0.3 is 10.0 Å². The van der Waals surface area contributed by atoms with Crippen LogP contribution in [0.15, 0.2) is 18.5 Å². The van der Waals surface area contributed by atoms with Gasteiger partial charge in [-0.05, 0) is 25.3 Å². The van der Waals surface area contributed by atoms with E-state index < -0.39 is 0 Å². The molecule has 1 unspecified atom stereocenters. The average molecular weight is 236 g/mol. The molecule has 4 nitrogen and oxygen atoms in total. The molecule has 0 saturated carbocycles. The molecule has 0 radical (unpaired) electrons. The molecule has 1 atom stereocenters. The highest BCUT2D eigenvalue weighted by Crippen LogP contribution is 2.18. The molecule has 1 amide bonds. The normalized spacial score (nSPS) is 12.5. The number of hydrogen-bond donors (Lipinski definition) is 1. The zero-order valence-electron chi connectivity index (χ0n) is 10.8. The molecule has 94 valence electrons. The van der Waals surface area contributed by atoms with Crippen molar-refractivity contribution < 1.29 is 9.90 Å². The Morgan fingerprint density at radius 2 is 2.12 bits per heavy atom. The topological polar surface area (TPSA) is 53.4 Å². The fourth-order valence-electron chi connectivity index (χ4n) is 1.80. The van der Waals surface area contributed by atoms with E-state index >= 15 is 0 Å². The van der Waals surface area contributed by atoms with Crippen molar-refractivity contribution >= 4 is 5.91 Å². The highest BCUT2D eigenvalue weighted by molar-refractivity contribution is 5.96. The number of pyridine rings is 1. The summed E-state index contributed by atoms with van der Waals surface area (Å²) in [5.41, 5.74) is 0.304. The Morgan fingerprint density at radius 1 is 1.47 bits per heavy atom. The lowest BCUT2D eigenvalue weighted by Crippen LogP contribution is -2.35. The van der Waals surface area contributed by atoms with E-state index in [1.54, 1.807) is 11.9 Å². The van der Waals surface area contributed by atoms with E-state index in [0.717, 1.165) is 6.42 Å². The number of rotatable bonds is 4. The summed E-state index contributed by atoms with van der Waals surface area (Å²) in [7, 11) is 1.76. The standard InChI is InChI=1S/C13H20N2O2/c1-9(2)7-10(3)15(4)13(17)11-5-6-14-8-12(11)16/h5-6,8-10,16H,7H2,1-4H3. The number of aromatic nitrogens is 1. The fourth-order valence-corrected chi connectivity index (χ4v) is 1.80.